The van der Waals surface area contributed by atoms with Crippen LogP contribution in [0, 0.1) is 0 Å². The highest BCUT2D eigenvalue weighted by Gasteiger charge is 2.42. The first kappa shape index (κ1) is 21.0. The number of ether oxygens (including phenoxy) is 4. The topological polar surface area (TPSA) is 103 Å². The Bertz CT molecular complexity index is 986. The second-order valence-corrected chi connectivity index (χ2v) is 6.27. The van der Waals surface area contributed by atoms with Crippen LogP contribution in [-0.4, -0.2) is 52.1 Å². The zero-order valence-corrected chi connectivity index (χ0v) is 17.1. The molecule has 3 rings (SSSR count). The molecule has 30 heavy (non-hydrogen) atoms. The smallest absolute Gasteiger partial charge is 0.300 e. The van der Waals surface area contributed by atoms with Gasteiger partial charge in [-0.25, -0.2) is 0 Å². The Hall–Kier alpha value is -3.75. The van der Waals surface area contributed by atoms with Gasteiger partial charge in [0.1, 0.15) is 12.3 Å². The SMILES string of the molecule is CCOc1ccc(NC(=O)CN2C(=O)C(=O)c3c2cc(OC)c(OC)c3OC)cc1. The lowest BCUT2D eigenvalue weighted by Gasteiger charge is -2.19. The Morgan fingerprint density at radius 2 is 1.67 bits per heavy atom. The number of rotatable bonds is 8. The van der Waals surface area contributed by atoms with Crippen LogP contribution in [0.2, 0.25) is 0 Å². The van der Waals surface area contributed by atoms with E-state index in [2.05, 4.69) is 5.32 Å². The molecule has 0 saturated heterocycles. The van der Waals surface area contributed by atoms with Gasteiger partial charge in [-0.1, -0.05) is 0 Å². The van der Waals surface area contributed by atoms with Crippen LogP contribution < -0.4 is 29.2 Å². The number of hydrogen-bond acceptors (Lipinski definition) is 7. The van der Waals surface area contributed by atoms with Gasteiger partial charge in [-0.3, -0.25) is 19.3 Å². The van der Waals surface area contributed by atoms with E-state index in [1.807, 2.05) is 6.92 Å². The van der Waals surface area contributed by atoms with Gasteiger partial charge in [-0.05, 0) is 31.2 Å². The van der Waals surface area contributed by atoms with Crippen LogP contribution in [-0.2, 0) is 9.59 Å². The Balaban J connectivity index is 1.86. The van der Waals surface area contributed by atoms with Gasteiger partial charge in [-0.15, -0.1) is 0 Å². The quantitative estimate of drug-likeness (QED) is 0.661. The summed E-state index contributed by atoms with van der Waals surface area (Å²) in [4.78, 5) is 38.8. The standard InChI is InChI=1S/C21H22N2O7/c1-5-30-13-8-6-12(7-9-13)22-16(24)11-23-14-10-15(27-2)19(28-3)20(29-4)17(14)18(25)21(23)26/h6-10H,5,11H2,1-4H3,(H,22,24). The third-order valence-corrected chi connectivity index (χ3v) is 4.52. The molecule has 1 aliphatic rings. The van der Waals surface area contributed by atoms with Crippen molar-refractivity contribution in [2.24, 2.45) is 0 Å². The molecule has 1 heterocycles. The summed E-state index contributed by atoms with van der Waals surface area (Å²) in [5.41, 5.74) is 0.793. The van der Waals surface area contributed by atoms with Crippen molar-refractivity contribution in [3.63, 3.8) is 0 Å². The lowest BCUT2D eigenvalue weighted by molar-refractivity contribution is -0.118. The number of anilines is 2. The zero-order chi connectivity index (χ0) is 21.8. The molecule has 2 amide bonds. The van der Waals surface area contributed by atoms with Crippen LogP contribution in [0.3, 0.4) is 0 Å². The maximum absolute atomic E-state index is 12.6. The Labute approximate surface area is 173 Å². The third-order valence-electron chi connectivity index (χ3n) is 4.52. The predicted octanol–water partition coefficient (Wildman–Crippen LogP) is 2.28. The summed E-state index contributed by atoms with van der Waals surface area (Å²) in [5.74, 6) is -0.857. The Morgan fingerprint density at radius 1 is 1.00 bits per heavy atom. The number of nitrogens with one attached hydrogen (secondary N) is 1. The Morgan fingerprint density at radius 3 is 2.23 bits per heavy atom. The number of benzene rings is 2. The number of carbonyl (C=O) groups excluding carboxylic acids is 3. The van der Waals surface area contributed by atoms with Gasteiger partial charge in [0.05, 0.1) is 39.2 Å². The van der Waals surface area contributed by atoms with E-state index in [4.69, 9.17) is 18.9 Å². The number of methoxy groups -OCH3 is 3. The molecule has 0 radical (unpaired) electrons. The maximum Gasteiger partial charge on any atom is 0.300 e. The van der Waals surface area contributed by atoms with E-state index in [-0.39, 0.29) is 35.0 Å². The fourth-order valence-corrected chi connectivity index (χ4v) is 3.22. The molecule has 0 aliphatic carbocycles. The number of hydrogen-bond donors (Lipinski definition) is 1. The molecule has 1 N–H and O–H groups in total. The molecule has 0 atom stereocenters. The molecule has 0 spiro atoms. The van der Waals surface area contributed by atoms with E-state index in [9.17, 15) is 14.4 Å². The van der Waals surface area contributed by atoms with Crippen molar-refractivity contribution in [3.05, 3.63) is 35.9 Å². The summed E-state index contributed by atoms with van der Waals surface area (Å²) in [6.07, 6.45) is 0. The molecule has 0 bridgehead atoms. The van der Waals surface area contributed by atoms with E-state index < -0.39 is 17.6 Å². The summed E-state index contributed by atoms with van der Waals surface area (Å²) < 4.78 is 21.2. The molecule has 2 aromatic rings. The first-order chi connectivity index (χ1) is 14.4. The van der Waals surface area contributed by atoms with Crippen molar-refractivity contribution < 1.29 is 33.3 Å². The Kier molecular flexibility index (Phi) is 6.10. The number of amides is 2. The number of fused-ring (bicyclic) bond motifs is 1. The predicted molar refractivity (Wildman–Crippen MR) is 109 cm³/mol. The second kappa shape index (κ2) is 8.73. The molecule has 9 nitrogen and oxygen atoms in total. The number of nitrogens with zero attached hydrogens (tertiary/aromatic N) is 1. The normalized spacial score (nSPS) is 12.5. The average molecular weight is 414 g/mol. The molecule has 1 aliphatic heterocycles. The number of ketones is 1. The average Bonchev–Trinajstić information content (AvgIpc) is 2.98. The van der Waals surface area contributed by atoms with Gasteiger partial charge < -0.3 is 24.3 Å². The highest BCUT2D eigenvalue weighted by molar-refractivity contribution is 6.53. The first-order valence-corrected chi connectivity index (χ1v) is 9.17. The summed E-state index contributed by atoms with van der Waals surface area (Å²) in [7, 11) is 4.18. The van der Waals surface area contributed by atoms with Gasteiger partial charge in [0.15, 0.2) is 11.5 Å². The fourth-order valence-electron chi connectivity index (χ4n) is 3.22. The molecule has 158 valence electrons. The van der Waals surface area contributed by atoms with Crippen molar-refractivity contribution in [1.82, 2.24) is 0 Å². The largest absolute Gasteiger partial charge is 0.494 e. The molecule has 0 fully saturated rings. The molecule has 9 heteroatoms. The molecule has 0 unspecified atom stereocenters. The molecular formula is C21H22N2O7. The van der Waals surface area contributed by atoms with Crippen molar-refractivity contribution in [3.8, 4) is 23.0 Å². The lowest BCUT2D eigenvalue weighted by Crippen LogP contribution is -2.37. The van der Waals surface area contributed by atoms with Crippen LogP contribution in [0.15, 0.2) is 30.3 Å². The van der Waals surface area contributed by atoms with Crippen LogP contribution in [0.1, 0.15) is 17.3 Å². The van der Waals surface area contributed by atoms with E-state index in [0.29, 0.717) is 18.0 Å². The molecule has 0 saturated carbocycles. The van der Waals surface area contributed by atoms with Gasteiger partial charge in [0.25, 0.3) is 11.7 Å². The van der Waals surface area contributed by atoms with Gasteiger partial charge in [0.2, 0.25) is 11.7 Å². The molecule has 2 aromatic carbocycles. The van der Waals surface area contributed by atoms with E-state index in [0.717, 1.165) is 4.90 Å². The zero-order valence-electron chi connectivity index (χ0n) is 17.1. The lowest BCUT2D eigenvalue weighted by atomic mass is 10.1. The third kappa shape index (κ3) is 3.73. The van der Waals surface area contributed by atoms with E-state index in [1.165, 1.54) is 27.4 Å². The minimum absolute atomic E-state index is 0.0361. The molecule has 0 aromatic heterocycles. The summed E-state index contributed by atoms with van der Waals surface area (Å²) >= 11 is 0. The number of Topliss-reactive ketones (excluding diaryl/α,β-unsaturated/α-hetero) is 1. The van der Waals surface area contributed by atoms with Crippen molar-refractivity contribution in [2.75, 3.05) is 44.7 Å². The van der Waals surface area contributed by atoms with Crippen molar-refractivity contribution >= 4 is 29.0 Å². The van der Waals surface area contributed by atoms with Gasteiger partial charge in [0, 0.05) is 11.8 Å². The summed E-state index contributed by atoms with van der Waals surface area (Å²) in [6.45, 7) is 2.05. The monoisotopic (exact) mass is 414 g/mol. The summed E-state index contributed by atoms with van der Waals surface area (Å²) in [6, 6.07) is 8.29. The highest BCUT2D eigenvalue weighted by Crippen LogP contribution is 2.47. The van der Waals surface area contributed by atoms with Crippen LogP contribution >= 0.6 is 0 Å². The highest BCUT2D eigenvalue weighted by atomic mass is 16.5. The van der Waals surface area contributed by atoms with Gasteiger partial charge in [-0.2, -0.15) is 0 Å². The molecular weight excluding hydrogens is 392 g/mol. The summed E-state index contributed by atoms with van der Waals surface area (Å²) in [5, 5.41) is 2.70. The van der Waals surface area contributed by atoms with E-state index in [1.54, 1.807) is 24.3 Å². The first-order valence-electron chi connectivity index (χ1n) is 9.17. The van der Waals surface area contributed by atoms with Crippen molar-refractivity contribution in [1.29, 1.82) is 0 Å². The number of carbonyl (C=O) groups is 3. The van der Waals surface area contributed by atoms with Gasteiger partial charge >= 0.3 is 0 Å². The van der Waals surface area contributed by atoms with E-state index >= 15 is 0 Å². The minimum atomic E-state index is -0.833. The minimum Gasteiger partial charge on any atom is -0.494 e. The van der Waals surface area contributed by atoms with Crippen molar-refractivity contribution in [2.45, 2.75) is 6.92 Å². The van der Waals surface area contributed by atoms with Crippen LogP contribution in [0.5, 0.6) is 23.0 Å². The maximum atomic E-state index is 12.6. The van der Waals surface area contributed by atoms with Crippen LogP contribution in [0.25, 0.3) is 0 Å². The fraction of sp³-hybridized carbons (Fsp3) is 0.286. The second-order valence-electron chi connectivity index (χ2n) is 6.27. The van der Waals surface area contributed by atoms with Crippen LogP contribution in [0.4, 0.5) is 11.4 Å².